The number of amides is 2. The largest absolute Gasteiger partial charge is 0.455 e. The zero-order valence-electron chi connectivity index (χ0n) is 15.8. The van der Waals surface area contributed by atoms with Crippen LogP contribution >= 0.6 is 23.2 Å². The van der Waals surface area contributed by atoms with Crippen LogP contribution in [0, 0.1) is 5.92 Å². The predicted molar refractivity (Wildman–Crippen MR) is 112 cm³/mol. The van der Waals surface area contributed by atoms with Crippen LogP contribution < -0.4 is 10.2 Å². The number of aryl methyl sites for hydroxylation is 1. The molecule has 0 aliphatic carbocycles. The Bertz CT molecular complexity index is 931. The Morgan fingerprint density at radius 2 is 1.90 bits per heavy atom. The lowest BCUT2D eigenvalue weighted by Crippen LogP contribution is -2.28. The van der Waals surface area contributed by atoms with Crippen LogP contribution in [-0.4, -0.2) is 30.9 Å². The summed E-state index contributed by atoms with van der Waals surface area (Å²) in [5.74, 6) is -1.89. The fourth-order valence-electron chi connectivity index (χ4n) is 3.06. The first-order valence-corrected chi connectivity index (χ1v) is 9.93. The number of nitrogens with zero attached hydrogens (tertiary/aromatic N) is 1. The number of hydrogen-bond donors (Lipinski definition) is 1. The van der Waals surface area contributed by atoms with Gasteiger partial charge in [-0.15, -0.1) is 0 Å². The quantitative estimate of drug-likeness (QED) is 0.694. The fourth-order valence-corrected chi connectivity index (χ4v) is 3.40. The molecular formula is C21H20Cl2N2O4. The summed E-state index contributed by atoms with van der Waals surface area (Å²) in [5, 5.41) is 3.28. The van der Waals surface area contributed by atoms with Crippen LogP contribution in [0.4, 0.5) is 11.4 Å². The first-order valence-electron chi connectivity index (χ1n) is 9.18. The summed E-state index contributed by atoms with van der Waals surface area (Å²) in [6.45, 7) is 1.81. The molecule has 1 N–H and O–H groups in total. The van der Waals surface area contributed by atoms with Crippen LogP contribution in [0.3, 0.4) is 0 Å². The highest BCUT2D eigenvalue weighted by molar-refractivity contribution is 6.35. The molecule has 1 aliphatic heterocycles. The van der Waals surface area contributed by atoms with Crippen LogP contribution in [0.5, 0.6) is 0 Å². The van der Waals surface area contributed by atoms with E-state index in [1.807, 2.05) is 24.3 Å². The van der Waals surface area contributed by atoms with Crippen molar-refractivity contribution in [3.05, 3.63) is 58.1 Å². The van der Waals surface area contributed by atoms with Gasteiger partial charge in [0.15, 0.2) is 6.61 Å². The highest BCUT2D eigenvalue weighted by atomic mass is 35.5. The number of carbonyl (C=O) groups excluding carboxylic acids is 3. The second-order valence-electron chi connectivity index (χ2n) is 6.71. The first kappa shape index (κ1) is 21.1. The molecule has 6 nitrogen and oxygen atoms in total. The minimum absolute atomic E-state index is 0.0517. The maximum absolute atomic E-state index is 12.3. The Balaban J connectivity index is 1.53. The van der Waals surface area contributed by atoms with Crippen molar-refractivity contribution in [3.8, 4) is 0 Å². The summed E-state index contributed by atoms with van der Waals surface area (Å²) in [5.41, 5.74) is 2.25. The van der Waals surface area contributed by atoms with Gasteiger partial charge >= 0.3 is 5.97 Å². The van der Waals surface area contributed by atoms with Crippen LogP contribution in [-0.2, 0) is 25.5 Å². The predicted octanol–water partition coefficient (Wildman–Crippen LogP) is 4.09. The molecule has 8 heteroatoms. The molecular weight excluding hydrogens is 415 g/mol. The second kappa shape index (κ2) is 9.29. The molecule has 1 saturated heterocycles. The van der Waals surface area contributed by atoms with E-state index in [1.165, 1.54) is 11.6 Å². The lowest BCUT2D eigenvalue weighted by molar-refractivity contribution is -0.151. The molecule has 1 fully saturated rings. The van der Waals surface area contributed by atoms with Gasteiger partial charge in [0.1, 0.15) is 0 Å². The number of hydrogen-bond acceptors (Lipinski definition) is 4. The third-order valence-corrected chi connectivity index (χ3v) is 5.23. The number of esters is 1. The Kier molecular flexibility index (Phi) is 6.77. The fraction of sp³-hybridized carbons (Fsp3) is 0.286. The number of anilines is 2. The lowest BCUT2D eigenvalue weighted by Gasteiger charge is -2.17. The Morgan fingerprint density at radius 3 is 2.59 bits per heavy atom. The van der Waals surface area contributed by atoms with Gasteiger partial charge in [0.05, 0.1) is 16.6 Å². The molecule has 152 valence electrons. The number of halogens is 2. The summed E-state index contributed by atoms with van der Waals surface area (Å²) in [6, 6.07) is 12.3. The molecule has 0 bridgehead atoms. The van der Waals surface area contributed by atoms with Gasteiger partial charge in [0, 0.05) is 23.7 Å². The van der Waals surface area contributed by atoms with Gasteiger partial charge < -0.3 is 15.0 Å². The molecule has 29 heavy (non-hydrogen) atoms. The molecule has 1 atom stereocenters. The van der Waals surface area contributed by atoms with Gasteiger partial charge in [-0.25, -0.2) is 0 Å². The van der Waals surface area contributed by atoms with Crippen LogP contribution in [0.1, 0.15) is 18.9 Å². The Labute approximate surface area is 178 Å². The van der Waals surface area contributed by atoms with Crippen molar-refractivity contribution in [1.29, 1.82) is 0 Å². The van der Waals surface area contributed by atoms with E-state index in [9.17, 15) is 14.4 Å². The third-order valence-electron chi connectivity index (χ3n) is 4.66. The minimum atomic E-state index is -0.615. The van der Waals surface area contributed by atoms with Crippen LogP contribution in [0.2, 0.25) is 10.0 Å². The zero-order valence-corrected chi connectivity index (χ0v) is 17.3. The minimum Gasteiger partial charge on any atom is -0.455 e. The maximum Gasteiger partial charge on any atom is 0.311 e. The number of nitrogens with one attached hydrogen (secondary N) is 1. The van der Waals surface area contributed by atoms with E-state index in [-0.39, 0.29) is 18.9 Å². The van der Waals surface area contributed by atoms with Gasteiger partial charge in [-0.05, 0) is 42.3 Å². The topological polar surface area (TPSA) is 75.7 Å². The van der Waals surface area contributed by atoms with Crippen molar-refractivity contribution in [2.45, 2.75) is 19.8 Å². The van der Waals surface area contributed by atoms with E-state index in [2.05, 4.69) is 12.2 Å². The number of benzene rings is 2. The standard InChI is InChI=1S/C21H20Cl2N2O4/c1-2-13-3-6-16(7-4-13)25-11-14(9-20(25)27)21(28)29-12-19(26)24-18-10-15(22)5-8-17(18)23/h3-8,10,14H,2,9,11-12H2,1H3,(H,24,26)/t14-/m0/s1. The van der Waals surface area contributed by atoms with Gasteiger partial charge in [-0.2, -0.15) is 0 Å². The molecule has 0 unspecified atom stereocenters. The monoisotopic (exact) mass is 434 g/mol. The number of ether oxygens (including phenoxy) is 1. The molecule has 0 radical (unpaired) electrons. The highest BCUT2D eigenvalue weighted by Crippen LogP contribution is 2.27. The Morgan fingerprint density at radius 1 is 1.17 bits per heavy atom. The van der Waals surface area contributed by atoms with E-state index < -0.39 is 24.4 Å². The zero-order chi connectivity index (χ0) is 21.0. The smallest absolute Gasteiger partial charge is 0.311 e. The van der Waals surface area contributed by atoms with Gasteiger partial charge in [-0.3, -0.25) is 14.4 Å². The number of carbonyl (C=O) groups is 3. The molecule has 2 aromatic rings. The molecule has 1 aliphatic rings. The normalized spacial score (nSPS) is 16.0. The molecule has 0 saturated carbocycles. The molecule has 0 aromatic heterocycles. The van der Waals surface area contributed by atoms with E-state index in [4.69, 9.17) is 27.9 Å². The van der Waals surface area contributed by atoms with E-state index >= 15 is 0 Å². The maximum atomic E-state index is 12.3. The lowest BCUT2D eigenvalue weighted by atomic mass is 10.1. The summed E-state index contributed by atoms with van der Waals surface area (Å²) < 4.78 is 5.09. The van der Waals surface area contributed by atoms with Crippen molar-refractivity contribution >= 4 is 52.4 Å². The third kappa shape index (κ3) is 5.28. The van der Waals surface area contributed by atoms with E-state index in [1.54, 1.807) is 17.0 Å². The van der Waals surface area contributed by atoms with Crippen molar-refractivity contribution in [3.63, 3.8) is 0 Å². The van der Waals surface area contributed by atoms with Crippen molar-refractivity contribution in [1.82, 2.24) is 0 Å². The van der Waals surface area contributed by atoms with E-state index in [0.29, 0.717) is 15.7 Å². The van der Waals surface area contributed by atoms with Crippen molar-refractivity contribution < 1.29 is 19.1 Å². The van der Waals surface area contributed by atoms with Gasteiger partial charge in [0.2, 0.25) is 5.91 Å². The Hall–Kier alpha value is -2.57. The summed E-state index contributed by atoms with van der Waals surface area (Å²) in [4.78, 5) is 38.2. The highest BCUT2D eigenvalue weighted by Gasteiger charge is 2.36. The number of rotatable bonds is 6. The van der Waals surface area contributed by atoms with Gasteiger partial charge in [-0.1, -0.05) is 42.3 Å². The second-order valence-corrected chi connectivity index (χ2v) is 7.55. The molecule has 1 heterocycles. The molecule has 2 amide bonds. The van der Waals surface area contributed by atoms with Crippen LogP contribution in [0.25, 0.3) is 0 Å². The molecule has 3 rings (SSSR count). The van der Waals surface area contributed by atoms with E-state index in [0.717, 1.165) is 12.1 Å². The summed E-state index contributed by atoms with van der Waals surface area (Å²) >= 11 is 11.9. The average molecular weight is 435 g/mol. The summed E-state index contributed by atoms with van der Waals surface area (Å²) in [6.07, 6.45) is 0.960. The SMILES string of the molecule is CCc1ccc(N2C[C@@H](C(=O)OCC(=O)Nc3cc(Cl)ccc3Cl)CC2=O)cc1. The van der Waals surface area contributed by atoms with Crippen molar-refractivity contribution in [2.75, 3.05) is 23.4 Å². The summed E-state index contributed by atoms with van der Waals surface area (Å²) in [7, 11) is 0. The molecule has 0 spiro atoms. The van der Waals surface area contributed by atoms with Gasteiger partial charge in [0.25, 0.3) is 5.91 Å². The van der Waals surface area contributed by atoms with Crippen molar-refractivity contribution in [2.24, 2.45) is 5.92 Å². The first-order chi connectivity index (χ1) is 13.9. The molecule has 2 aromatic carbocycles. The van der Waals surface area contributed by atoms with Crippen LogP contribution in [0.15, 0.2) is 42.5 Å². The average Bonchev–Trinajstić information content (AvgIpc) is 3.10.